The second kappa shape index (κ2) is 8.15. The molecule has 1 rings (SSSR count). The second-order valence-corrected chi connectivity index (χ2v) is 6.70. The summed E-state index contributed by atoms with van der Waals surface area (Å²) in [6.45, 7) is 7.17. The highest BCUT2D eigenvalue weighted by Gasteiger charge is 2.10. The number of hydrogen-bond acceptors (Lipinski definition) is 2. The maximum atomic E-state index is 12.8. The molecule has 3 nitrogen and oxygen atoms in total. The Morgan fingerprint density at radius 2 is 1.90 bits per heavy atom. The number of nitrogens with zero attached hydrogens (tertiary/aromatic N) is 1. The molecule has 0 aliphatic carbocycles. The average Bonchev–Trinajstić information content (AvgIpc) is 2.37. The summed E-state index contributed by atoms with van der Waals surface area (Å²) in [5.74, 6) is 1.63. The zero-order valence-electron chi connectivity index (χ0n) is 12.7. The number of nitrogens with one attached hydrogen (secondary N) is 2. The standard InChI is InChI=1S/C15H24FN3S/c1-15(2,3)19-14(17-4)18-10-5-11-20-13-8-6-12(16)7-9-13/h6-9H,5,10-11H2,1-4H3,(H2,17,18,19). The van der Waals surface area contributed by atoms with E-state index in [9.17, 15) is 4.39 Å². The summed E-state index contributed by atoms with van der Waals surface area (Å²) >= 11 is 1.73. The molecule has 0 heterocycles. The van der Waals surface area contributed by atoms with E-state index in [0.717, 1.165) is 29.6 Å². The third kappa shape index (κ3) is 7.38. The first kappa shape index (κ1) is 16.8. The van der Waals surface area contributed by atoms with Crippen LogP contribution in [-0.4, -0.2) is 30.8 Å². The van der Waals surface area contributed by atoms with Crippen molar-refractivity contribution in [1.82, 2.24) is 10.6 Å². The number of aliphatic imine (C=N–C) groups is 1. The molecule has 20 heavy (non-hydrogen) atoms. The molecule has 0 aliphatic heterocycles. The van der Waals surface area contributed by atoms with Gasteiger partial charge in [0.2, 0.25) is 0 Å². The topological polar surface area (TPSA) is 36.4 Å². The van der Waals surface area contributed by atoms with Crippen LogP contribution in [0.15, 0.2) is 34.2 Å². The van der Waals surface area contributed by atoms with Gasteiger partial charge in [-0.1, -0.05) is 0 Å². The smallest absolute Gasteiger partial charge is 0.191 e. The third-order valence-electron chi connectivity index (χ3n) is 2.41. The van der Waals surface area contributed by atoms with Gasteiger partial charge in [-0.3, -0.25) is 4.99 Å². The lowest BCUT2D eigenvalue weighted by Crippen LogP contribution is -2.47. The van der Waals surface area contributed by atoms with E-state index in [2.05, 4.69) is 36.4 Å². The largest absolute Gasteiger partial charge is 0.356 e. The van der Waals surface area contributed by atoms with Crippen molar-refractivity contribution in [3.05, 3.63) is 30.1 Å². The van der Waals surface area contributed by atoms with Crippen molar-refractivity contribution in [2.45, 2.75) is 37.6 Å². The monoisotopic (exact) mass is 297 g/mol. The average molecular weight is 297 g/mol. The quantitative estimate of drug-likeness (QED) is 0.379. The Morgan fingerprint density at radius 1 is 1.25 bits per heavy atom. The molecule has 0 saturated carbocycles. The van der Waals surface area contributed by atoms with Crippen LogP contribution in [-0.2, 0) is 0 Å². The van der Waals surface area contributed by atoms with Crippen molar-refractivity contribution in [1.29, 1.82) is 0 Å². The van der Waals surface area contributed by atoms with Crippen molar-refractivity contribution >= 4 is 17.7 Å². The van der Waals surface area contributed by atoms with Crippen molar-refractivity contribution in [3.8, 4) is 0 Å². The molecule has 0 unspecified atom stereocenters. The molecule has 1 aromatic rings. The Balaban J connectivity index is 2.19. The van der Waals surface area contributed by atoms with Crippen LogP contribution in [0.4, 0.5) is 4.39 Å². The van der Waals surface area contributed by atoms with Crippen LogP contribution in [0.5, 0.6) is 0 Å². The van der Waals surface area contributed by atoms with Crippen molar-refractivity contribution < 1.29 is 4.39 Å². The Hall–Kier alpha value is -1.23. The highest BCUT2D eigenvalue weighted by atomic mass is 32.2. The van der Waals surface area contributed by atoms with Crippen molar-refractivity contribution in [2.75, 3.05) is 19.3 Å². The lowest BCUT2D eigenvalue weighted by molar-refractivity contribution is 0.501. The van der Waals surface area contributed by atoms with Gasteiger partial charge in [0.15, 0.2) is 5.96 Å². The Kier molecular flexibility index (Phi) is 6.85. The van der Waals surface area contributed by atoms with Gasteiger partial charge < -0.3 is 10.6 Å². The SMILES string of the molecule is CN=C(NCCCSc1ccc(F)cc1)NC(C)(C)C. The van der Waals surface area contributed by atoms with Crippen LogP contribution in [0, 0.1) is 5.82 Å². The molecule has 0 atom stereocenters. The molecule has 1 aromatic carbocycles. The lowest BCUT2D eigenvalue weighted by Gasteiger charge is -2.23. The molecule has 2 N–H and O–H groups in total. The van der Waals surface area contributed by atoms with Crippen LogP contribution in [0.2, 0.25) is 0 Å². The second-order valence-electron chi connectivity index (χ2n) is 5.53. The highest BCUT2D eigenvalue weighted by Crippen LogP contribution is 2.18. The molecule has 0 spiro atoms. The van der Waals surface area contributed by atoms with E-state index < -0.39 is 0 Å². The Labute approximate surface area is 125 Å². The van der Waals surface area contributed by atoms with Crippen LogP contribution >= 0.6 is 11.8 Å². The summed E-state index contributed by atoms with van der Waals surface area (Å²) in [5, 5.41) is 6.60. The zero-order chi connectivity index (χ0) is 15.0. The molecule has 0 radical (unpaired) electrons. The fraction of sp³-hybridized carbons (Fsp3) is 0.533. The van der Waals surface area contributed by atoms with E-state index in [4.69, 9.17) is 0 Å². The van der Waals surface area contributed by atoms with Gasteiger partial charge in [-0.2, -0.15) is 0 Å². The summed E-state index contributed by atoms with van der Waals surface area (Å²) in [7, 11) is 1.77. The molecule has 0 aromatic heterocycles. The number of thioether (sulfide) groups is 1. The minimum Gasteiger partial charge on any atom is -0.356 e. The van der Waals surface area contributed by atoms with E-state index in [1.165, 1.54) is 12.1 Å². The number of rotatable bonds is 5. The van der Waals surface area contributed by atoms with Gasteiger partial charge in [0.1, 0.15) is 5.82 Å². The van der Waals surface area contributed by atoms with E-state index in [1.54, 1.807) is 18.8 Å². The van der Waals surface area contributed by atoms with Gasteiger partial charge >= 0.3 is 0 Å². The minimum atomic E-state index is -0.187. The Morgan fingerprint density at radius 3 is 2.45 bits per heavy atom. The van der Waals surface area contributed by atoms with E-state index in [0.29, 0.717) is 0 Å². The summed E-state index contributed by atoms with van der Waals surface area (Å²) in [5.41, 5.74) is 0.00467. The fourth-order valence-electron chi connectivity index (χ4n) is 1.53. The Bertz CT molecular complexity index is 424. The van der Waals surface area contributed by atoms with Crippen LogP contribution in [0.25, 0.3) is 0 Å². The zero-order valence-corrected chi connectivity index (χ0v) is 13.5. The van der Waals surface area contributed by atoms with Crippen LogP contribution < -0.4 is 10.6 Å². The van der Waals surface area contributed by atoms with Gasteiger partial charge in [0, 0.05) is 24.0 Å². The summed E-state index contributed by atoms with van der Waals surface area (Å²) < 4.78 is 12.8. The number of benzene rings is 1. The first-order valence-corrected chi connectivity index (χ1v) is 7.76. The minimum absolute atomic E-state index is 0.00467. The molecule has 0 bridgehead atoms. The molecule has 0 saturated heterocycles. The molecule has 0 fully saturated rings. The molecule has 112 valence electrons. The summed E-state index contributed by atoms with van der Waals surface area (Å²) in [6.07, 6.45) is 1.02. The molecule has 0 amide bonds. The van der Waals surface area contributed by atoms with Gasteiger partial charge in [-0.05, 0) is 57.2 Å². The van der Waals surface area contributed by atoms with Gasteiger partial charge in [0.05, 0.1) is 0 Å². The molecule has 0 aliphatic rings. The maximum absolute atomic E-state index is 12.8. The van der Waals surface area contributed by atoms with E-state index >= 15 is 0 Å². The highest BCUT2D eigenvalue weighted by molar-refractivity contribution is 7.99. The predicted molar refractivity (Wildman–Crippen MR) is 86.0 cm³/mol. The van der Waals surface area contributed by atoms with Crippen LogP contribution in [0.3, 0.4) is 0 Å². The van der Waals surface area contributed by atoms with Crippen molar-refractivity contribution in [2.24, 2.45) is 4.99 Å². The first-order chi connectivity index (χ1) is 9.40. The molecular weight excluding hydrogens is 273 g/mol. The van der Waals surface area contributed by atoms with Crippen molar-refractivity contribution in [3.63, 3.8) is 0 Å². The van der Waals surface area contributed by atoms with E-state index in [1.807, 2.05) is 12.1 Å². The number of hydrogen-bond donors (Lipinski definition) is 2. The first-order valence-electron chi connectivity index (χ1n) is 6.78. The normalized spacial score (nSPS) is 12.3. The number of guanidine groups is 1. The predicted octanol–water partition coefficient (Wildman–Crippen LogP) is 3.27. The summed E-state index contributed by atoms with van der Waals surface area (Å²) in [6, 6.07) is 6.62. The number of halogens is 1. The summed E-state index contributed by atoms with van der Waals surface area (Å²) in [4.78, 5) is 5.29. The maximum Gasteiger partial charge on any atom is 0.191 e. The van der Waals surface area contributed by atoms with Gasteiger partial charge in [-0.15, -0.1) is 11.8 Å². The van der Waals surface area contributed by atoms with E-state index in [-0.39, 0.29) is 11.4 Å². The van der Waals surface area contributed by atoms with Gasteiger partial charge in [-0.25, -0.2) is 4.39 Å². The lowest BCUT2D eigenvalue weighted by atomic mass is 10.1. The van der Waals surface area contributed by atoms with Gasteiger partial charge in [0.25, 0.3) is 0 Å². The molecule has 5 heteroatoms. The third-order valence-corrected chi connectivity index (χ3v) is 3.51. The van der Waals surface area contributed by atoms with Crippen LogP contribution in [0.1, 0.15) is 27.2 Å². The fourth-order valence-corrected chi connectivity index (χ4v) is 2.39. The molecular formula is C15H24FN3S.